The lowest BCUT2D eigenvalue weighted by Crippen LogP contribution is -2.58. The Morgan fingerprint density at radius 3 is 2.38 bits per heavy atom. The Morgan fingerprint density at radius 2 is 1.71 bits per heavy atom. The average Bonchev–Trinajstić information content (AvgIpc) is 3.14. The van der Waals surface area contributed by atoms with E-state index in [1.807, 2.05) is 0 Å². The standard InChI is InChI=1S/C27H45NO5S/c1-15(4-7-23(31)28-21(14-34)25(32)33)18-5-6-19-24-20(9-11-27(18,19)3)26(2)10-8-17(29)12-16(26)13-22(24)30/h15-22,24,29-30,34H,4-14H2,1-3H3,(H,28,31)(H,32,33)/t15-,16+,17-,18-,19+,20+,21+,22-,24+,26+,27-/m1/s1. The molecule has 4 aliphatic rings. The molecule has 194 valence electrons. The van der Waals surface area contributed by atoms with Gasteiger partial charge in [0.2, 0.25) is 5.91 Å². The molecule has 0 saturated heterocycles. The van der Waals surface area contributed by atoms with Crippen molar-refractivity contribution >= 4 is 24.5 Å². The molecule has 0 spiro atoms. The largest absolute Gasteiger partial charge is 0.480 e. The quantitative estimate of drug-likeness (QED) is 0.345. The molecule has 4 saturated carbocycles. The number of carboxylic acids is 1. The van der Waals surface area contributed by atoms with Gasteiger partial charge in [0.25, 0.3) is 0 Å². The number of aliphatic hydroxyl groups is 2. The molecule has 0 heterocycles. The molecule has 0 aromatic heterocycles. The normalized spacial score (nSPS) is 45.4. The van der Waals surface area contributed by atoms with E-state index in [1.165, 1.54) is 6.42 Å². The van der Waals surface area contributed by atoms with Crippen LogP contribution >= 0.6 is 12.6 Å². The Bertz CT molecular complexity index is 778. The van der Waals surface area contributed by atoms with Gasteiger partial charge in [0, 0.05) is 12.2 Å². The number of aliphatic hydroxyl groups excluding tert-OH is 2. The number of rotatable bonds is 7. The van der Waals surface area contributed by atoms with Crippen LogP contribution in [0.2, 0.25) is 0 Å². The van der Waals surface area contributed by atoms with Gasteiger partial charge >= 0.3 is 5.97 Å². The van der Waals surface area contributed by atoms with Crippen molar-refractivity contribution in [3.05, 3.63) is 0 Å². The number of amides is 1. The van der Waals surface area contributed by atoms with Gasteiger partial charge in [-0.1, -0.05) is 20.8 Å². The van der Waals surface area contributed by atoms with Crippen molar-refractivity contribution in [1.82, 2.24) is 5.32 Å². The first-order valence-electron chi connectivity index (χ1n) is 13.5. The lowest BCUT2D eigenvalue weighted by Gasteiger charge is -2.62. The van der Waals surface area contributed by atoms with Crippen molar-refractivity contribution < 1.29 is 24.9 Å². The minimum atomic E-state index is -1.05. The van der Waals surface area contributed by atoms with E-state index >= 15 is 0 Å². The number of nitrogens with one attached hydrogen (secondary N) is 1. The highest BCUT2D eigenvalue weighted by Crippen LogP contribution is 2.68. The second kappa shape index (κ2) is 9.93. The molecule has 4 aliphatic carbocycles. The van der Waals surface area contributed by atoms with E-state index in [0.717, 1.165) is 51.4 Å². The third kappa shape index (κ3) is 4.54. The molecule has 4 rings (SSSR count). The molecule has 0 radical (unpaired) electrons. The van der Waals surface area contributed by atoms with Crippen molar-refractivity contribution in [1.29, 1.82) is 0 Å². The zero-order valence-corrected chi connectivity index (χ0v) is 22.0. The van der Waals surface area contributed by atoms with E-state index < -0.39 is 12.0 Å². The summed E-state index contributed by atoms with van der Waals surface area (Å²) in [6.45, 7) is 7.13. The van der Waals surface area contributed by atoms with Crippen LogP contribution in [0.5, 0.6) is 0 Å². The summed E-state index contributed by atoms with van der Waals surface area (Å²) in [7, 11) is 0. The van der Waals surface area contributed by atoms with Gasteiger partial charge < -0.3 is 20.6 Å². The second-order valence-corrected chi connectivity index (χ2v) is 13.0. The van der Waals surface area contributed by atoms with Gasteiger partial charge in [0.15, 0.2) is 0 Å². The third-order valence-electron chi connectivity index (χ3n) is 11.1. The van der Waals surface area contributed by atoms with E-state index in [2.05, 4.69) is 38.7 Å². The molecule has 4 fully saturated rings. The highest BCUT2D eigenvalue weighted by atomic mass is 32.1. The summed E-state index contributed by atoms with van der Waals surface area (Å²) in [5.41, 5.74) is 0.421. The number of aliphatic carboxylic acids is 1. The number of carbonyl (C=O) groups is 2. The molecule has 0 bridgehead atoms. The van der Waals surface area contributed by atoms with Crippen molar-refractivity contribution in [2.75, 3.05) is 5.75 Å². The van der Waals surface area contributed by atoms with Crippen molar-refractivity contribution in [3.8, 4) is 0 Å². The van der Waals surface area contributed by atoms with E-state index in [4.69, 9.17) is 5.11 Å². The van der Waals surface area contributed by atoms with Gasteiger partial charge in [-0.15, -0.1) is 0 Å². The van der Waals surface area contributed by atoms with Crippen LogP contribution in [0.4, 0.5) is 0 Å². The summed E-state index contributed by atoms with van der Waals surface area (Å²) in [5, 5.41) is 33.4. The fourth-order valence-corrected chi connectivity index (χ4v) is 9.43. The topological polar surface area (TPSA) is 107 Å². The van der Waals surface area contributed by atoms with E-state index in [-0.39, 0.29) is 34.7 Å². The van der Waals surface area contributed by atoms with E-state index in [9.17, 15) is 19.8 Å². The minimum absolute atomic E-state index is 0.0859. The highest BCUT2D eigenvalue weighted by molar-refractivity contribution is 7.80. The maximum atomic E-state index is 12.4. The Kier molecular flexibility index (Phi) is 7.67. The molecule has 4 N–H and O–H groups in total. The number of carboxylic acid groups (broad SMARTS) is 1. The summed E-state index contributed by atoms with van der Waals surface area (Å²) >= 11 is 4.03. The number of hydrogen-bond acceptors (Lipinski definition) is 5. The van der Waals surface area contributed by atoms with Crippen molar-refractivity contribution in [3.63, 3.8) is 0 Å². The Hall–Kier alpha value is -0.790. The molecular weight excluding hydrogens is 450 g/mol. The molecular formula is C27H45NO5S. The Labute approximate surface area is 210 Å². The summed E-state index contributed by atoms with van der Waals surface area (Å²) < 4.78 is 0. The average molecular weight is 496 g/mol. The monoisotopic (exact) mass is 495 g/mol. The van der Waals surface area contributed by atoms with Gasteiger partial charge in [0.05, 0.1) is 12.2 Å². The molecule has 6 nitrogen and oxygen atoms in total. The maximum Gasteiger partial charge on any atom is 0.327 e. The predicted octanol–water partition coefficient (Wildman–Crippen LogP) is 3.89. The first-order valence-corrected chi connectivity index (χ1v) is 14.1. The van der Waals surface area contributed by atoms with Crippen LogP contribution in [0.25, 0.3) is 0 Å². The number of thiol groups is 1. The first-order chi connectivity index (χ1) is 16.0. The molecule has 0 aromatic carbocycles. The first kappa shape index (κ1) is 26.3. The van der Waals surface area contributed by atoms with Gasteiger partial charge in [-0.05, 0) is 104 Å². The SMILES string of the molecule is C[C@H](CCC(=O)N[C@@H](CS)C(=O)O)[C@H]1CC[C@H]2[C@@H]3[C@H](O)C[C@@H]4C[C@H](O)CC[C@]4(C)[C@H]3CC[C@]12C. The van der Waals surface area contributed by atoms with Crippen LogP contribution in [0.15, 0.2) is 0 Å². The molecule has 34 heavy (non-hydrogen) atoms. The number of carbonyl (C=O) groups excluding carboxylic acids is 1. The smallest absolute Gasteiger partial charge is 0.327 e. The highest BCUT2D eigenvalue weighted by Gasteiger charge is 2.62. The molecule has 11 atom stereocenters. The number of hydrogen-bond donors (Lipinski definition) is 5. The van der Waals surface area contributed by atoms with Gasteiger partial charge in [-0.25, -0.2) is 4.79 Å². The lowest BCUT2D eigenvalue weighted by molar-refractivity contribution is -0.174. The summed E-state index contributed by atoms with van der Waals surface area (Å²) in [5.74, 6) is 1.58. The summed E-state index contributed by atoms with van der Waals surface area (Å²) in [4.78, 5) is 23.5. The van der Waals surface area contributed by atoms with Gasteiger partial charge in [-0.2, -0.15) is 12.6 Å². The zero-order chi connectivity index (χ0) is 24.8. The van der Waals surface area contributed by atoms with Crippen LogP contribution in [-0.4, -0.2) is 51.2 Å². The van der Waals surface area contributed by atoms with E-state index in [1.54, 1.807) is 0 Å². The van der Waals surface area contributed by atoms with Crippen molar-refractivity contribution in [2.24, 2.45) is 46.3 Å². The third-order valence-corrected chi connectivity index (χ3v) is 11.4. The maximum absolute atomic E-state index is 12.4. The molecule has 7 heteroatoms. The van der Waals surface area contributed by atoms with Gasteiger partial charge in [0.1, 0.15) is 6.04 Å². The fourth-order valence-electron chi connectivity index (χ4n) is 9.19. The molecule has 0 aromatic rings. The summed E-state index contributed by atoms with van der Waals surface area (Å²) in [6.07, 6.45) is 8.90. The van der Waals surface area contributed by atoms with Crippen LogP contribution in [0, 0.1) is 46.3 Å². The molecule has 1 amide bonds. The van der Waals surface area contributed by atoms with Gasteiger partial charge in [-0.3, -0.25) is 4.79 Å². The lowest BCUT2D eigenvalue weighted by atomic mass is 9.43. The van der Waals surface area contributed by atoms with Crippen LogP contribution in [0.1, 0.15) is 85.0 Å². The molecule has 0 aliphatic heterocycles. The van der Waals surface area contributed by atoms with Crippen LogP contribution in [-0.2, 0) is 9.59 Å². The van der Waals surface area contributed by atoms with Crippen molar-refractivity contribution in [2.45, 2.75) is 103 Å². The van der Waals surface area contributed by atoms with Crippen LogP contribution in [0.3, 0.4) is 0 Å². The second-order valence-electron chi connectivity index (χ2n) is 12.6. The molecule has 0 unspecified atom stereocenters. The zero-order valence-electron chi connectivity index (χ0n) is 21.1. The predicted molar refractivity (Wildman–Crippen MR) is 134 cm³/mol. The Balaban J connectivity index is 1.42. The minimum Gasteiger partial charge on any atom is -0.480 e. The van der Waals surface area contributed by atoms with Crippen LogP contribution < -0.4 is 5.32 Å². The Morgan fingerprint density at radius 1 is 1.03 bits per heavy atom. The van der Waals surface area contributed by atoms with E-state index in [0.29, 0.717) is 41.9 Å². The number of fused-ring (bicyclic) bond motifs is 5. The fraction of sp³-hybridized carbons (Fsp3) is 0.926. The summed E-state index contributed by atoms with van der Waals surface area (Å²) in [6, 6.07) is -0.936.